The molecule has 0 radical (unpaired) electrons. The number of hydrogen-bond acceptors (Lipinski definition) is 20. The van der Waals surface area contributed by atoms with Crippen LogP contribution < -0.4 is 18.9 Å². The van der Waals surface area contributed by atoms with Crippen molar-refractivity contribution < 1.29 is 60.1 Å². The number of carbonyl (C=O) groups is 4. The lowest BCUT2D eigenvalue weighted by Crippen LogP contribution is -2.38. The molecule has 8 saturated heterocycles. The van der Waals surface area contributed by atoms with Crippen molar-refractivity contribution in [3.05, 3.63) is 282 Å². The summed E-state index contributed by atoms with van der Waals surface area (Å²) in [4.78, 5) is 105. The van der Waals surface area contributed by atoms with E-state index in [-0.39, 0.29) is 130 Å². The summed E-state index contributed by atoms with van der Waals surface area (Å²) in [5.74, 6) is 1.48. The molecule has 30 heteroatoms. The summed E-state index contributed by atoms with van der Waals surface area (Å²) in [5.41, 5.74) is 7.55. The van der Waals surface area contributed by atoms with Crippen LogP contribution in [-0.2, 0) is 0 Å². The predicted octanol–water partition coefficient (Wildman–Crippen LogP) is 15.2. The van der Waals surface area contributed by atoms with Gasteiger partial charge in [-0.3, -0.25) is 19.2 Å². The molecule has 123 heavy (non-hydrogen) atoms. The van der Waals surface area contributed by atoms with Crippen molar-refractivity contribution in [3.8, 4) is 63.4 Å². The van der Waals surface area contributed by atoms with Crippen LogP contribution in [0.1, 0.15) is 135 Å². The highest BCUT2D eigenvalue weighted by Crippen LogP contribution is 2.48. The van der Waals surface area contributed by atoms with Crippen molar-refractivity contribution in [3.63, 3.8) is 0 Å². The number of aryl methyl sites for hydroxylation is 3. The standard InChI is InChI=1S/2C24H23FN4O2.C23H20F2N4O2.C22H22FN5O2/c1-15-3-6-19(20(11-15)23-26-9-2-10-27-23)24(30)29-18-5-7-21(29)16(12-18)14-31-22-8-4-17(25)13-28-22;1-15-4-2-5-19(23-26-10-3-11-27-23)22(15)24(30)29-18-7-8-20(29)16(12-18)14-31-21-9-6-17(25)13-28-21;24-15-5-8-20(28-12-15)31-13-14-11-16-6-7-19(14)29(16)23(30)17-3-1-4-18(25)21(17)22-26-9-2-10-27-22;1-14-2-5-18(20(10-14)28-25-8-9-26-28)22(29)27-17-4-6-19(27)15(11-17)13-30-21-7-3-16(23)12-24-21/h2-4,6,8-11,13,16,18,21H,5,7,12,14H2,1H3;2-6,9-11,13,16,18,20H,7-8,12,14H2,1H3;1-5,8-10,12,14,16,19H,6-7,11,13H2;2-3,5,7-10,12,15,17,19H,4,6,11,13H2,1H3. The fraction of sp³-hybridized carbons (Fsp3) is 0.333. The highest BCUT2D eigenvalue weighted by Gasteiger charge is 2.53. The molecule has 8 aromatic heterocycles. The molecule has 8 bridgehead atoms. The average Bonchev–Trinajstić information content (AvgIpc) is 1.62. The number of fused-ring (bicyclic) bond motifs is 8. The minimum Gasteiger partial charge on any atom is -0.477 e. The predicted molar refractivity (Wildman–Crippen MR) is 441 cm³/mol. The highest BCUT2D eigenvalue weighted by molar-refractivity contribution is 6.03. The second-order valence-corrected chi connectivity index (χ2v) is 32.3. The summed E-state index contributed by atoms with van der Waals surface area (Å²) in [6, 6.07) is 39.5. The largest absolute Gasteiger partial charge is 0.477 e. The number of halogens is 5. The summed E-state index contributed by atoms with van der Waals surface area (Å²) in [6.07, 6.45) is 28.8. The van der Waals surface area contributed by atoms with Gasteiger partial charge in [-0.15, -0.1) is 0 Å². The average molecular weight is 1670 g/mol. The topological polar surface area (TPSA) is 278 Å². The van der Waals surface area contributed by atoms with Gasteiger partial charge in [-0.25, -0.2) is 71.8 Å². The van der Waals surface area contributed by atoms with Crippen LogP contribution in [0.15, 0.2) is 214 Å². The Labute approximate surface area is 706 Å². The fourth-order valence-electron chi connectivity index (χ4n) is 19.3. The first kappa shape index (κ1) is 81.9. The van der Waals surface area contributed by atoms with E-state index in [0.717, 1.165) is 130 Å². The van der Waals surface area contributed by atoms with Crippen LogP contribution in [0.4, 0.5) is 22.0 Å². The number of amides is 4. The van der Waals surface area contributed by atoms with Crippen LogP contribution in [0.5, 0.6) is 23.5 Å². The summed E-state index contributed by atoms with van der Waals surface area (Å²) in [5, 5.41) is 8.43. The van der Waals surface area contributed by atoms with Crippen LogP contribution in [0.25, 0.3) is 39.9 Å². The fourth-order valence-corrected chi connectivity index (χ4v) is 19.3. The number of benzene rings is 4. The Morgan fingerprint density at radius 2 is 0.715 bits per heavy atom. The Balaban J connectivity index is 0.000000116. The number of rotatable bonds is 20. The van der Waals surface area contributed by atoms with Gasteiger partial charge in [-0.05, 0) is 188 Å². The number of carbonyl (C=O) groups excluding carboxylic acids is 4. The Morgan fingerprint density at radius 1 is 0.350 bits per heavy atom. The SMILES string of the molecule is Cc1ccc(C(=O)N2C3CCC2C(COc2ccc(F)cn2)C3)c(-c2ncccn2)c1.Cc1ccc(C(=O)N2C3CCC2C(COc2ccc(F)cn2)C3)c(-n2nccn2)c1.Cc1cccc(-c2ncccn2)c1C(=O)N1C2CCC1C(COc1ccc(F)cn1)C2.O=C(c1cccc(F)c1-c1ncccn1)N1C2CCC1C(COc1ccc(F)cn1)C2. The zero-order chi connectivity index (χ0) is 84.8. The molecule has 8 aliphatic rings. The van der Waals surface area contributed by atoms with Gasteiger partial charge in [-0.2, -0.15) is 15.0 Å². The molecule has 4 aromatic carbocycles. The molecule has 12 aromatic rings. The van der Waals surface area contributed by atoms with Gasteiger partial charge in [0.1, 0.15) is 29.1 Å². The molecule has 0 spiro atoms. The monoisotopic (exact) mass is 1670 g/mol. The lowest BCUT2D eigenvalue weighted by Gasteiger charge is -2.26. The molecular weight excluding hydrogens is 1580 g/mol. The van der Waals surface area contributed by atoms with E-state index in [1.807, 2.05) is 95.0 Å². The molecule has 0 aliphatic carbocycles. The first-order valence-corrected chi connectivity index (χ1v) is 41.5. The van der Waals surface area contributed by atoms with E-state index in [1.165, 1.54) is 77.9 Å². The first-order chi connectivity index (χ1) is 59.9. The number of aromatic nitrogens is 13. The maximum absolute atomic E-state index is 14.7. The molecule has 0 saturated carbocycles. The number of ether oxygens (including phenoxy) is 4. The molecule has 628 valence electrons. The van der Waals surface area contributed by atoms with E-state index in [9.17, 15) is 41.1 Å². The molecule has 8 fully saturated rings. The number of nitrogens with zero attached hydrogens (tertiary/aromatic N) is 17. The van der Waals surface area contributed by atoms with Crippen LogP contribution in [0.2, 0.25) is 0 Å². The van der Waals surface area contributed by atoms with E-state index in [0.29, 0.717) is 84.0 Å². The Hall–Kier alpha value is -13.4. The van der Waals surface area contributed by atoms with Gasteiger partial charge in [0.25, 0.3) is 23.6 Å². The van der Waals surface area contributed by atoms with E-state index < -0.39 is 11.6 Å². The van der Waals surface area contributed by atoms with Gasteiger partial charge in [0.05, 0.1) is 97.1 Å². The molecule has 20 rings (SSSR count). The first-order valence-electron chi connectivity index (χ1n) is 41.5. The van der Waals surface area contributed by atoms with Gasteiger partial charge in [0.15, 0.2) is 17.5 Å². The lowest BCUT2D eigenvalue weighted by atomic mass is 9.90. The summed E-state index contributed by atoms with van der Waals surface area (Å²) in [6.45, 7) is 7.72. The second-order valence-electron chi connectivity index (χ2n) is 32.3. The third kappa shape index (κ3) is 17.8. The third-order valence-corrected chi connectivity index (χ3v) is 24.7. The van der Waals surface area contributed by atoms with Crippen molar-refractivity contribution in [1.82, 2.24) is 84.4 Å². The van der Waals surface area contributed by atoms with Gasteiger partial charge in [0, 0.05) is 145 Å². The van der Waals surface area contributed by atoms with Crippen molar-refractivity contribution in [2.24, 2.45) is 23.7 Å². The molecule has 12 unspecified atom stereocenters. The molecule has 0 N–H and O–H groups in total. The number of pyridine rings is 4. The maximum Gasteiger partial charge on any atom is 0.256 e. The Bertz CT molecular complexity index is 5690. The molecular formula is C93H88F5N17O8. The minimum atomic E-state index is -0.522. The van der Waals surface area contributed by atoms with Crippen LogP contribution in [-0.4, -0.2) is 183 Å². The minimum absolute atomic E-state index is 0.00533. The normalized spacial score (nSPS) is 22.1. The Morgan fingerprint density at radius 3 is 1.13 bits per heavy atom. The molecule has 25 nitrogen and oxygen atoms in total. The van der Waals surface area contributed by atoms with E-state index in [2.05, 4.69) is 60.0 Å². The quantitative estimate of drug-likeness (QED) is 0.0641. The second kappa shape index (κ2) is 36.5. The summed E-state index contributed by atoms with van der Waals surface area (Å²) >= 11 is 0. The van der Waals surface area contributed by atoms with Gasteiger partial charge >= 0.3 is 0 Å². The summed E-state index contributed by atoms with van der Waals surface area (Å²) < 4.78 is 90.1. The van der Waals surface area contributed by atoms with E-state index in [4.69, 9.17) is 18.9 Å². The van der Waals surface area contributed by atoms with Crippen LogP contribution in [0.3, 0.4) is 0 Å². The lowest BCUT2D eigenvalue weighted by molar-refractivity contribution is 0.0701. The van der Waals surface area contributed by atoms with Crippen molar-refractivity contribution in [2.45, 2.75) is 146 Å². The van der Waals surface area contributed by atoms with Gasteiger partial charge in [0.2, 0.25) is 23.5 Å². The van der Waals surface area contributed by atoms with Crippen molar-refractivity contribution in [1.29, 1.82) is 0 Å². The van der Waals surface area contributed by atoms with Crippen LogP contribution >= 0.6 is 0 Å². The molecule has 4 amide bonds. The molecule has 16 heterocycles. The zero-order valence-corrected chi connectivity index (χ0v) is 67.7. The molecule has 8 aliphatic heterocycles. The van der Waals surface area contributed by atoms with E-state index in [1.54, 1.807) is 61.4 Å². The van der Waals surface area contributed by atoms with Gasteiger partial charge in [-0.1, -0.05) is 42.0 Å². The van der Waals surface area contributed by atoms with Crippen LogP contribution in [0, 0.1) is 73.5 Å². The van der Waals surface area contributed by atoms with E-state index >= 15 is 0 Å². The smallest absolute Gasteiger partial charge is 0.256 e. The maximum atomic E-state index is 14.7. The molecule has 12 atom stereocenters. The van der Waals surface area contributed by atoms with Crippen molar-refractivity contribution in [2.75, 3.05) is 26.4 Å². The Kier molecular flexibility index (Phi) is 24.3. The highest BCUT2D eigenvalue weighted by atomic mass is 19.1. The van der Waals surface area contributed by atoms with Gasteiger partial charge < -0.3 is 38.5 Å². The zero-order valence-electron chi connectivity index (χ0n) is 67.7. The summed E-state index contributed by atoms with van der Waals surface area (Å²) in [7, 11) is 0. The third-order valence-electron chi connectivity index (χ3n) is 24.7. The number of hydrogen-bond donors (Lipinski definition) is 0. The van der Waals surface area contributed by atoms with Crippen molar-refractivity contribution >= 4 is 23.6 Å².